The van der Waals surface area contributed by atoms with Crippen LogP contribution >= 0.6 is 23.1 Å². The maximum atomic E-state index is 5.40. The van der Waals surface area contributed by atoms with Gasteiger partial charge in [-0.3, -0.25) is 0 Å². The second kappa shape index (κ2) is 5.35. The standard InChI is InChI=1S/C10H16N2O2S2/c1-7-13-9(14-7)8-6-16-10(11-8)12(2)4-5-15-3/h6-7,9H,4-5H2,1-3H3. The average molecular weight is 260 g/mol. The van der Waals surface area contributed by atoms with Crippen LogP contribution in [0.4, 0.5) is 5.13 Å². The largest absolute Gasteiger partial charge is 0.350 e. The molecule has 90 valence electrons. The summed E-state index contributed by atoms with van der Waals surface area (Å²) in [5.41, 5.74) is 0.883. The molecule has 0 aliphatic carbocycles. The summed E-state index contributed by atoms with van der Waals surface area (Å²) in [6, 6.07) is 0. The maximum absolute atomic E-state index is 5.40. The fraction of sp³-hybridized carbons (Fsp3) is 0.700. The molecule has 1 saturated heterocycles. The van der Waals surface area contributed by atoms with E-state index in [2.05, 4.69) is 23.2 Å². The van der Waals surface area contributed by atoms with Crippen molar-refractivity contribution >= 4 is 28.2 Å². The van der Waals surface area contributed by atoms with Crippen LogP contribution in [0.5, 0.6) is 0 Å². The molecule has 0 radical (unpaired) electrons. The number of thioether (sulfide) groups is 1. The minimum atomic E-state index is -0.256. The van der Waals surface area contributed by atoms with Gasteiger partial charge in [-0.1, -0.05) is 0 Å². The molecule has 6 heteroatoms. The normalized spacial score (nSPS) is 24.2. The Labute approximate surface area is 104 Å². The van der Waals surface area contributed by atoms with Crippen molar-refractivity contribution in [2.75, 3.05) is 30.5 Å². The fourth-order valence-corrected chi connectivity index (χ4v) is 2.66. The Hall–Kier alpha value is -0.300. The highest BCUT2D eigenvalue weighted by atomic mass is 32.2. The van der Waals surface area contributed by atoms with Gasteiger partial charge in [0.1, 0.15) is 5.69 Å². The number of hydrogen-bond acceptors (Lipinski definition) is 6. The molecule has 1 aromatic rings. The SMILES string of the molecule is CSCCN(C)c1nc(C2OC(C)O2)cs1. The molecule has 16 heavy (non-hydrogen) atoms. The molecular weight excluding hydrogens is 244 g/mol. The molecule has 0 spiro atoms. The third-order valence-corrected chi connectivity index (χ3v) is 3.90. The fourth-order valence-electron chi connectivity index (χ4n) is 1.38. The Morgan fingerprint density at radius 1 is 1.56 bits per heavy atom. The highest BCUT2D eigenvalue weighted by Gasteiger charge is 2.30. The highest BCUT2D eigenvalue weighted by Crippen LogP contribution is 2.33. The van der Waals surface area contributed by atoms with Crippen molar-refractivity contribution in [1.82, 2.24) is 4.98 Å². The van der Waals surface area contributed by atoms with Gasteiger partial charge in [0.2, 0.25) is 6.29 Å². The number of anilines is 1. The molecule has 1 aromatic heterocycles. The number of ether oxygens (including phenoxy) is 2. The van der Waals surface area contributed by atoms with Crippen LogP contribution in [0, 0.1) is 0 Å². The lowest BCUT2D eigenvalue weighted by Crippen LogP contribution is -2.31. The lowest BCUT2D eigenvalue weighted by molar-refractivity contribution is -0.383. The molecule has 4 nitrogen and oxygen atoms in total. The number of rotatable bonds is 5. The van der Waals surface area contributed by atoms with Crippen molar-refractivity contribution in [1.29, 1.82) is 0 Å². The van der Waals surface area contributed by atoms with Crippen LogP contribution in [-0.4, -0.2) is 36.9 Å². The predicted octanol–water partition coefficient (Wildman–Crippen LogP) is 2.33. The molecule has 0 amide bonds. The zero-order valence-corrected chi connectivity index (χ0v) is 11.3. The smallest absolute Gasteiger partial charge is 0.207 e. The molecule has 0 bridgehead atoms. The number of nitrogens with zero attached hydrogens (tertiary/aromatic N) is 2. The van der Waals surface area contributed by atoms with Gasteiger partial charge < -0.3 is 14.4 Å². The minimum Gasteiger partial charge on any atom is -0.350 e. The summed E-state index contributed by atoms with van der Waals surface area (Å²) >= 11 is 3.47. The first-order valence-corrected chi connectivity index (χ1v) is 7.44. The monoisotopic (exact) mass is 260 g/mol. The zero-order valence-electron chi connectivity index (χ0n) is 9.67. The van der Waals surface area contributed by atoms with Crippen molar-refractivity contribution in [3.63, 3.8) is 0 Å². The summed E-state index contributed by atoms with van der Waals surface area (Å²) in [6.45, 7) is 2.89. The summed E-state index contributed by atoms with van der Waals surface area (Å²) in [5, 5.41) is 3.03. The van der Waals surface area contributed by atoms with E-state index in [0.717, 1.165) is 23.1 Å². The van der Waals surface area contributed by atoms with Gasteiger partial charge in [0.05, 0.1) is 0 Å². The summed E-state index contributed by atoms with van der Waals surface area (Å²) in [7, 11) is 2.06. The van der Waals surface area contributed by atoms with Gasteiger partial charge in [-0.15, -0.1) is 11.3 Å². The van der Waals surface area contributed by atoms with Gasteiger partial charge in [0.15, 0.2) is 11.4 Å². The van der Waals surface area contributed by atoms with Gasteiger partial charge in [0, 0.05) is 24.7 Å². The van der Waals surface area contributed by atoms with Gasteiger partial charge in [-0.25, -0.2) is 4.98 Å². The Morgan fingerprint density at radius 2 is 2.31 bits per heavy atom. The Bertz CT molecular complexity index is 339. The third-order valence-electron chi connectivity index (χ3n) is 2.34. The molecular formula is C10H16N2O2S2. The predicted molar refractivity (Wildman–Crippen MR) is 68.1 cm³/mol. The van der Waals surface area contributed by atoms with E-state index in [-0.39, 0.29) is 12.6 Å². The molecule has 1 fully saturated rings. The lowest BCUT2D eigenvalue weighted by Gasteiger charge is -2.32. The minimum absolute atomic E-state index is 0.0932. The van der Waals surface area contributed by atoms with Crippen LogP contribution in [0.25, 0.3) is 0 Å². The quantitative estimate of drug-likeness (QED) is 0.812. The molecule has 1 aliphatic heterocycles. The lowest BCUT2D eigenvalue weighted by atomic mass is 10.4. The molecule has 2 rings (SSSR count). The molecule has 0 aromatic carbocycles. The van der Waals surface area contributed by atoms with Crippen molar-refractivity contribution in [3.05, 3.63) is 11.1 Å². The summed E-state index contributed by atoms with van der Waals surface area (Å²) in [6.07, 6.45) is 1.76. The van der Waals surface area contributed by atoms with Gasteiger partial charge in [-0.05, 0) is 13.2 Å². The van der Waals surface area contributed by atoms with E-state index in [1.807, 2.05) is 24.1 Å². The molecule has 0 N–H and O–H groups in total. The van der Waals surface area contributed by atoms with Crippen molar-refractivity contribution in [3.8, 4) is 0 Å². The van der Waals surface area contributed by atoms with E-state index in [1.54, 1.807) is 11.3 Å². The maximum Gasteiger partial charge on any atom is 0.207 e. The molecule has 0 unspecified atom stereocenters. The Morgan fingerprint density at radius 3 is 2.94 bits per heavy atom. The second-order valence-electron chi connectivity index (χ2n) is 3.64. The van der Waals surface area contributed by atoms with Crippen LogP contribution in [0.1, 0.15) is 18.9 Å². The van der Waals surface area contributed by atoms with Crippen molar-refractivity contribution in [2.45, 2.75) is 19.5 Å². The number of thiazole rings is 1. The van der Waals surface area contributed by atoms with E-state index < -0.39 is 0 Å². The highest BCUT2D eigenvalue weighted by molar-refractivity contribution is 7.98. The first-order valence-electron chi connectivity index (χ1n) is 5.17. The van der Waals surface area contributed by atoms with Gasteiger partial charge in [0.25, 0.3) is 0 Å². The van der Waals surface area contributed by atoms with E-state index in [1.165, 1.54) is 0 Å². The second-order valence-corrected chi connectivity index (χ2v) is 5.46. The topological polar surface area (TPSA) is 34.6 Å². The van der Waals surface area contributed by atoms with Gasteiger partial charge >= 0.3 is 0 Å². The molecule has 1 aliphatic rings. The summed E-state index contributed by atoms with van der Waals surface area (Å²) in [4.78, 5) is 6.66. The van der Waals surface area contributed by atoms with Crippen LogP contribution in [-0.2, 0) is 9.47 Å². The van der Waals surface area contributed by atoms with Crippen molar-refractivity contribution < 1.29 is 9.47 Å². The Balaban J connectivity index is 1.91. The first-order chi connectivity index (χ1) is 7.70. The molecule has 0 atom stereocenters. The van der Waals surface area contributed by atoms with Crippen LogP contribution in [0.2, 0.25) is 0 Å². The number of aromatic nitrogens is 1. The average Bonchev–Trinajstić information content (AvgIpc) is 2.70. The van der Waals surface area contributed by atoms with E-state index in [4.69, 9.17) is 9.47 Å². The van der Waals surface area contributed by atoms with Crippen LogP contribution in [0.15, 0.2) is 5.38 Å². The Kier molecular flexibility index (Phi) is 4.07. The van der Waals surface area contributed by atoms with Gasteiger partial charge in [-0.2, -0.15) is 11.8 Å². The van der Waals surface area contributed by atoms with E-state index in [9.17, 15) is 0 Å². The first kappa shape index (κ1) is 12.2. The zero-order chi connectivity index (χ0) is 11.5. The summed E-state index contributed by atoms with van der Waals surface area (Å²) < 4.78 is 10.8. The van der Waals surface area contributed by atoms with E-state index in [0.29, 0.717) is 0 Å². The van der Waals surface area contributed by atoms with Crippen molar-refractivity contribution in [2.24, 2.45) is 0 Å². The number of hydrogen-bond donors (Lipinski definition) is 0. The summed E-state index contributed by atoms with van der Waals surface area (Å²) in [5.74, 6) is 1.11. The third kappa shape index (κ3) is 2.68. The van der Waals surface area contributed by atoms with Crippen LogP contribution < -0.4 is 4.90 Å². The molecule has 2 heterocycles. The molecule has 0 saturated carbocycles. The van der Waals surface area contributed by atoms with E-state index >= 15 is 0 Å². The van der Waals surface area contributed by atoms with Crippen LogP contribution in [0.3, 0.4) is 0 Å².